The van der Waals surface area contributed by atoms with E-state index >= 15 is 0 Å². The van der Waals surface area contributed by atoms with Gasteiger partial charge in [0.05, 0.1) is 37.6 Å². The van der Waals surface area contributed by atoms with Gasteiger partial charge in [0.2, 0.25) is 0 Å². The summed E-state index contributed by atoms with van der Waals surface area (Å²) in [6, 6.07) is 13.1. The van der Waals surface area contributed by atoms with Gasteiger partial charge in [-0.3, -0.25) is 14.6 Å². The Hall–Kier alpha value is -2.88. The van der Waals surface area contributed by atoms with Crippen LogP contribution < -0.4 is 19.1 Å². The molecule has 1 fully saturated rings. The van der Waals surface area contributed by atoms with Crippen molar-refractivity contribution >= 4 is 32.6 Å². The monoisotopic (exact) mass is 471 g/mol. The SMILES string of the molecule is COc1ccc2sc(N(CCCN3CCOCC3)C(=O)COc3ccccc3OC)nc2c1. The van der Waals surface area contributed by atoms with E-state index in [0.29, 0.717) is 23.2 Å². The molecule has 1 aliphatic rings. The van der Waals surface area contributed by atoms with Crippen LogP contribution in [0.3, 0.4) is 0 Å². The highest BCUT2D eigenvalue weighted by Crippen LogP contribution is 2.32. The molecule has 0 radical (unpaired) electrons. The number of thiazole rings is 1. The van der Waals surface area contributed by atoms with E-state index in [2.05, 4.69) is 4.90 Å². The van der Waals surface area contributed by atoms with Crippen molar-refractivity contribution in [2.75, 3.05) is 65.1 Å². The summed E-state index contributed by atoms with van der Waals surface area (Å²) in [6.45, 7) is 4.72. The lowest BCUT2D eigenvalue weighted by atomic mass is 10.3. The van der Waals surface area contributed by atoms with Gasteiger partial charge in [-0.15, -0.1) is 0 Å². The molecule has 0 atom stereocenters. The minimum atomic E-state index is -0.145. The van der Waals surface area contributed by atoms with Crippen LogP contribution in [0.2, 0.25) is 0 Å². The molecule has 1 amide bonds. The number of fused-ring (bicyclic) bond motifs is 1. The highest BCUT2D eigenvalue weighted by atomic mass is 32.1. The molecule has 0 spiro atoms. The summed E-state index contributed by atoms with van der Waals surface area (Å²) in [4.78, 5) is 22.1. The Morgan fingerprint density at radius 1 is 1.12 bits per heavy atom. The Bertz CT molecular complexity index is 1070. The van der Waals surface area contributed by atoms with Crippen LogP contribution in [-0.2, 0) is 9.53 Å². The molecule has 33 heavy (non-hydrogen) atoms. The lowest BCUT2D eigenvalue weighted by Crippen LogP contribution is -2.40. The topological polar surface area (TPSA) is 73.4 Å². The molecule has 1 aromatic heterocycles. The predicted molar refractivity (Wildman–Crippen MR) is 129 cm³/mol. The molecule has 0 unspecified atom stereocenters. The Labute approximate surface area is 197 Å². The average Bonchev–Trinajstić information content (AvgIpc) is 3.28. The first-order valence-corrected chi connectivity index (χ1v) is 11.8. The zero-order valence-electron chi connectivity index (χ0n) is 19.0. The number of ether oxygens (including phenoxy) is 4. The van der Waals surface area contributed by atoms with Gasteiger partial charge in [-0.2, -0.15) is 0 Å². The molecule has 9 heteroatoms. The first-order valence-electron chi connectivity index (χ1n) is 11.0. The number of nitrogens with zero attached hydrogens (tertiary/aromatic N) is 3. The largest absolute Gasteiger partial charge is 0.497 e. The second-order valence-corrected chi connectivity index (χ2v) is 8.63. The summed E-state index contributed by atoms with van der Waals surface area (Å²) in [5.41, 5.74) is 0.811. The van der Waals surface area contributed by atoms with E-state index in [0.717, 1.165) is 55.2 Å². The molecule has 176 valence electrons. The summed E-state index contributed by atoms with van der Waals surface area (Å²) in [5.74, 6) is 1.73. The first kappa shape index (κ1) is 23.3. The Kier molecular flexibility index (Phi) is 7.98. The third-order valence-corrected chi connectivity index (χ3v) is 6.55. The quantitative estimate of drug-likeness (QED) is 0.448. The molecule has 1 aliphatic heterocycles. The van der Waals surface area contributed by atoms with Gasteiger partial charge in [0.1, 0.15) is 5.75 Å². The molecule has 0 aliphatic carbocycles. The highest BCUT2D eigenvalue weighted by molar-refractivity contribution is 7.22. The highest BCUT2D eigenvalue weighted by Gasteiger charge is 2.22. The summed E-state index contributed by atoms with van der Waals surface area (Å²) in [6.07, 6.45) is 0.833. The van der Waals surface area contributed by atoms with Crippen molar-refractivity contribution in [3.05, 3.63) is 42.5 Å². The van der Waals surface area contributed by atoms with Crippen LogP contribution in [-0.4, -0.2) is 76.0 Å². The number of benzene rings is 2. The Balaban J connectivity index is 1.49. The van der Waals surface area contributed by atoms with Crippen molar-refractivity contribution in [2.24, 2.45) is 0 Å². The van der Waals surface area contributed by atoms with Gasteiger partial charge < -0.3 is 18.9 Å². The van der Waals surface area contributed by atoms with Gasteiger partial charge in [0.15, 0.2) is 23.2 Å². The number of anilines is 1. The van der Waals surface area contributed by atoms with Crippen LogP contribution in [0.25, 0.3) is 10.2 Å². The molecule has 3 aromatic rings. The Morgan fingerprint density at radius 3 is 2.67 bits per heavy atom. The van der Waals surface area contributed by atoms with Crippen LogP contribution >= 0.6 is 11.3 Å². The van der Waals surface area contributed by atoms with Crippen molar-refractivity contribution in [3.8, 4) is 17.2 Å². The molecular weight excluding hydrogens is 442 g/mol. The van der Waals surface area contributed by atoms with Gasteiger partial charge in [-0.1, -0.05) is 23.5 Å². The molecule has 0 saturated carbocycles. The van der Waals surface area contributed by atoms with Crippen LogP contribution in [0.1, 0.15) is 6.42 Å². The summed E-state index contributed by atoms with van der Waals surface area (Å²) >= 11 is 1.49. The maximum atomic E-state index is 13.3. The first-order chi connectivity index (χ1) is 16.2. The summed E-state index contributed by atoms with van der Waals surface area (Å²) < 4.78 is 22.9. The lowest BCUT2D eigenvalue weighted by Gasteiger charge is -2.27. The maximum Gasteiger partial charge on any atom is 0.266 e. The summed E-state index contributed by atoms with van der Waals surface area (Å²) in [7, 11) is 3.21. The number of carbonyl (C=O) groups excluding carboxylic acids is 1. The van der Waals surface area contributed by atoms with Crippen LogP contribution in [0.4, 0.5) is 5.13 Å². The predicted octanol–water partition coefficient (Wildman–Crippen LogP) is 3.45. The van der Waals surface area contributed by atoms with Crippen molar-refractivity contribution in [1.29, 1.82) is 0 Å². The van der Waals surface area contributed by atoms with E-state index in [9.17, 15) is 4.79 Å². The molecule has 4 rings (SSSR count). The molecule has 2 aromatic carbocycles. The molecule has 1 saturated heterocycles. The summed E-state index contributed by atoms with van der Waals surface area (Å²) in [5, 5.41) is 0.661. The maximum absolute atomic E-state index is 13.3. The minimum absolute atomic E-state index is 0.100. The number of para-hydroxylation sites is 2. The van der Waals surface area contributed by atoms with E-state index in [1.807, 2.05) is 30.3 Å². The number of carbonyl (C=O) groups is 1. The minimum Gasteiger partial charge on any atom is -0.497 e. The smallest absolute Gasteiger partial charge is 0.266 e. The molecule has 0 bridgehead atoms. The van der Waals surface area contributed by atoms with E-state index in [-0.39, 0.29) is 12.5 Å². The van der Waals surface area contributed by atoms with E-state index < -0.39 is 0 Å². The zero-order chi connectivity index (χ0) is 23.0. The van der Waals surface area contributed by atoms with Gasteiger partial charge in [0, 0.05) is 32.2 Å². The second kappa shape index (κ2) is 11.3. The van der Waals surface area contributed by atoms with Crippen molar-refractivity contribution in [3.63, 3.8) is 0 Å². The fraction of sp³-hybridized carbons (Fsp3) is 0.417. The third kappa shape index (κ3) is 5.93. The lowest BCUT2D eigenvalue weighted by molar-refractivity contribution is -0.120. The number of morpholine rings is 1. The van der Waals surface area contributed by atoms with Crippen LogP contribution in [0, 0.1) is 0 Å². The normalized spacial score (nSPS) is 14.2. The zero-order valence-corrected chi connectivity index (χ0v) is 19.8. The van der Waals surface area contributed by atoms with Crippen molar-refractivity contribution in [2.45, 2.75) is 6.42 Å². The number of amides is 1. The van der Waals surface area contributed by atoms with Gasteiger partial charge >= 0.3 is 0 Å². The fourth-order valence-corrected chi connectivity index (χ4v) is 4.69. The standard InChI is InChI=1S/C24H29N3O5S/c1-29-18-8-9-22-19(16-18)25-24(33-22)27(11-5-10-26-12-14-31-15-13-26)23(28)17-32-21-7-4-3-6-20(21)30-2/h3-4,6-9,16H,5,10-15,17H2,1-2H3. The number of rotatable bonds is 10. The van der Waals surface area contributed by atoms with Gasteiger partial charge in [0.25, 0.3) is 5.91 Å². The number of hydrogen-bond donors (Lipinski definition) is 0. The number of aromatic nitrogens is 1. The number of methoxy groups -OCH3 is 2. The molecule has 8 nitrogen and oxygen atoms in total. The van der Waals surface area contributed by atoms with E-state index in [1.54, 1.807) is 31.3 Å². The van der Waals surface area contributed by atoms with E-state index in [4.69, 9.17) is 23.9 Å². The second-order valence-electron chi connectivity index (χ2n) is 7.62. The fourth-order valence-electron chi connectivity index (χ4n) is 3.70. The van der Waals surface area contributed by atoms with Crippen LogP contribution in [0.5, 0.6) is 17.2 Å². The molecule has 0 N–H and O–H groups in total. The molecule has 2 heterocycles. The third-order valence-electron chi connectivity index (χ3n) is 5.50. The molecular formula is C24H29N3O5S. The van der Waals surface area contributed by atoms with Gasteiger partial charge in [-0.25, -0.2) is 4.98 Å². The van der Waals surface area contributed by atoms with E-state index in [1.165, 1.54) is 11.3 Å². The number of hydrogen-bond acceptors (Lipinski definition) is 8. The Morgan fingerprint density at radius 2 is 1.91 bits per heavy atom. The van der Waals surface area contributed by atoms with Crippen LogP contribution in [0.15, 0.2) is 42.5 Å². The van der Waals surface area contributed by atoms with Crippen molar-refractivity contribution in [1.82, 2.24) is 9.88 Å². The van der Waals surface area contributed by atoms with Crippen molar-refractivity contribution < 1.29 is 23.7 Å². The van der Waals surface area contributed by atoms with Gasteiger partial charge in [-0.05, 0) is 30.7 Å². The average molecular weight is 472 g/mol.